The zero-order valence-electron chi connectivity index (χ0n) is 7.28. The van der Waals surface area contributed by atoms with Crippen LogP contribution in [-0.4, -0.2) is 56.5 Å². The molecule has 1 unspecified atom stereocenters. The molecule has 0 saturated heterocycles. The molecule has 11 heavy (non-hydrogen) atoms. The molecule has 0 aromatic rings. The fraction of sp³-hybridized carbons (Fsp3) is 0.857. The van der Waals surface area contributed by atoms with Gasteiger partial charge in [-0.1, -0.05) is 0 Å². The molecule has 1 atom stereocenters. The summed E-state index contributed by atoms with van der Waals surface area (Å²) in [7, 11) is 5.89. The first-order valence-corrected chi connectivity index (χ1v) is 3.49. The number of nitrogens with zero attached hydrogens (tertiary/aromatic N) is 1. The molecule has 0 aliphatic rings. The molecule has 0 aromatic heterocycles. The van der Waals surface area contributed by atoms with Crippen LogP contribution in [0.25, 0.3) is 0 Å². The number of likely N-dealkylation sites (N-methyl/N-ethyl adjacent to an activating group) is 1. The average Bonchev–Trinajstić information content (AvgIpc) is 1.79. The quantitative estimate of drug-likeness (QED) is 0.426. The molecule has 0 amide bonds. The maximum absolute atomic E-state index is 9.74. The molecule has 4 heteroatoms. The molecule has 0 fully saturated rings. The number of aliphatic hydroxyl groups excluding tert-OH is 1. The molecule has 1 N–H and O–H groups in total. The van der Waals surface area contributed by atoms with Gasteiger partial charge in [0.2, 0.25) is 0 Å². The lowest BCUT2D eigenvalue weighted by Gasteiger charge is -2.26. The van der Waals surface area contributed by atoms with Crippen LogP contribution in [-0.2, 0) is 9.53 Å². The molecule has 0 aliphatic carbocycles. The zero-order valence-corrected chi connectivity index (χ0v) is 7.28. The predicted octanol–water partition coefficient (Wildman–Crippen LogP) is -0.774. The third-order valence-electron chi connectivity index (χ3n) is 1.12. The molecule has 0 aliphatic heterocycles. The van der Waals surface area contributed by atoms with E-state index in [1.807, 2.05) is 21.1 Å². The van der Waals surface area contributed by atoms with E-state index in [-0.39, 0.29) is 6.61 Å². The molecule has 4 nitrogen and oxygen atoms in total. The van der Waals surface area contributed by atoms with Gasteiger partial charge in [0.1, 0.15) is 19.3 Å². The van der Waals surface area contributed by atoms with Gasteiger partial charge in [-0.2, -0.15) is 0 Å². The highest BCUT2D eigenvalue weighted by Gasteiger charge is 2.15. The molecule has 66 valence electrons. The highest BCUT2D eigenvalue weighted by atomic mass is 16.5. The third kappa shape index (κ3) is 7.29. The van der Waals surface area contributed by atoms with E-state index in [1.165, 1.54) is 0 Å². The largest absolute Gasteiger partial charge is 0.465 e. The van der Waals surface area contributed by atoms with Crippen molar-refractivity contribution in [2.24, 2.45) is 0 Å². The van der Waals surface area contributed by atoms with Crippen LogP contribution in [0.5, 0.6) is 0 Å². The second kappa shape index (κ2) is 4.31. The van der Waals surface area contributed by atoms with Crippen LogP contribution >= 0.6 is 0 Å². The van der Waals surface area contributed by atoms with E-state index in [0.717, 1.165) is 0 Å². The van der Waals surface area contributed by atoms with Gasteiger partial charge in [0, 0.05) is 0 Å². The Hall–Kier alpha value is -0.610. The molecule has 0 aromatic carbocycles. The standard InChI is InChI=1S/C7H16NO3/c1-8(2,3)4-7(10)5-11-6-9/h6-7,10H,4-5H2,1-3H3/q+1. The highest BCUT2D eigenvalue weighted by molar-refractivity contribution is 5.36. The molecule has 0 saturated carbocycles. The van der Waals surface area contributed by atoms with Crippen molar-refractivity contribution in [3.63, 3.8) is 0 Å². The minimum Gasteiger partial charge on any atom is -0.465 e. The summed E-state index contributed by atoms with van der Waals surface area (Å²) in [4.78, 5) is 9.74. The molecule has 0 bridgehead atoms. The molecule has 0 radical (unpaired) electrons. The smallest absolute Gasteiger partial charge is 0.293 e. The van der Waals surface area contributed by atoms with E-state index in [0.29, 0.717) is 17.5 Å². The zero-order chi connectivity index (χ0) is 8.91. The monoisotopic (exact) mass is 162 g/mol. The molecule has 0 spiro atoms. The Bertz CT molecular complexity index is 119. The minimum atomic E-state index is -0.569. The Morgan fingerprint density at radius 3 is 2.45 bits per heavy atom. The molecular formula is C7H16NO3+. The summed E-state index contributed by atoms with van der Waals surface area (Å²) in [5.74, 6) is 0. The Balaban J connectivity index is 3.51. The Labute approximate surface area is 67.0 Å². The molecule has 0 rings (SSSR count). The maximum atomic E-state index is 9.74. The van der Waals surface area contributed by atoms with Gasteiger partial charge in [-0.05, 0) is 0 Å². The fourth-order valence-electron chi connectivity index (χ4n) is 0.835. The minimum absolute atomic E-state index is 0.0824. The highest BCUT2D eigenvalue weighted by Crippen LogP contribution is 1.94. The van der Waals surface area contributed by atoms with Gasteiger partial charge in [-0.3, -0.25) is 4.79 Å². The number of ether oxygens (including phenoxy) is 1. The van der Waals surface area contributed by atoms with Crippen LogP contribution in [0.2, 0.25) is 0 Å². The van der Waals surface area contributed by atoms with Crippen molar-refractivity contribution in [3.05, 3.63) is 0 Å². The predicted molar refractivity (Wildman–Crippen MR) is 40.9 cm³/mol. The third-order valence-corrected chi connectivity index (χ3v) is 1.12. The molecule has 0 heterocycles. The van der Waals surface area contributed by atoms with Crippen LogP contribution in [0.15, 0.2) is 0 Å². The second-order valence-electron chi connectivity index (χ2n) is 3.56. The number of aliphatic hydroxyl groups is 1. The summed E-state index contributed by atoms with van der Waals surface area (Å²) in [6.45, 7) is 1.01. The van der Waals surface area contributed by atoms with Crippen molar-refractivity contribution in [1.29, 1.82) is 0 Å². The second-order valence-corrected chi connectivity index (χ2v) is 3.56. The number of carbonyl (C=O) groups excluding carboxylic acids is 1. The average molecular weight is 162 g/mol. The maximum Gasteiger partial charge on any atom is 0.293 e. The lowest BCUT2D eigenvalue weighted by molar-refractivity contribution is -0.873. The summed E-state index contributed by atoms with van der Waals surface area (Å²) in [6, 6.07) is 0. The van der Waals surface area contributed by atoms with Crippen LogP contribution in [0.3, 0.4) is 0 Å². The summed E-state index contributed by atoms with van der Waals surface area (Å²) < 4.78 is 5.06. The summed E-state index contributed by atoms with van der Waals surface area (Å²) in [5.41, 5.74) is 0. The van der Waals surface area contributed by atoms with Crippen molar-refractivity contribution < 1.29 is 19.1 Å². The first-order chi connectivity index (χ1) is 4.95. The van der Waals surface area contributed by atoms with E-state index in [4.69, 9.17) is 0 Å². The van der Waals surface area contributed by atoms with Gasteiger partial charge in [0.15, 0.2) is 0 Å². The van der Waals surface area contributed by atoms with Crippen molar-refractivity contribution in [1.82, 2.24) is 0 Å². The van der Waals surface area contributed by atoms with Crippen LogP contribution in [0, 0.1) is 0 Å². The van der Waals surface area contributed by atoms with Crippen LogP contribution in [0.1, 0.15) is 0 Å². The van der Waals surface area contributed by atoms with Gasteiger partial charge in [0.25, 0.3) is 6.47 Å². The number of carbonyl (C=O) groups is 1. The van der Waals surface area contributed by atoms with Gasteiger partial charge in [-0.15, -0.1) is 0 Å². The topological polar surface area (TPSA) is 46.5 Å². The van der Waals surface area contributed by atoms with Gasteiger partial charge < -0.3 is 14.3 Å². The fourth-order valence-corrected chi connectivity index (χ4v) is 0.835. The van der Waals surface area contributed by atoms with E-state index >= 15 is 0 Å². The Morgan fingerprint density at radius 1 is 1.55 bits per heavy atom. The number of quaternary nitrogens is 1. The Morgan fingerprint density at radius 2 is 2.09 bits per heavy atom. The van der Waals surface area contributed by atoms with Gasteiger partial charge in [0.05, 0.1) is 21.1 Å². The van der Waals surface area contributed by atoms with Crippen LogP contribution < -0.4 is 0 Å². The van der Waals surface area contributed by atoms with E-state index in [9.17, 15) is 9.90 Å². The summed E-state index contributed by atoms with van der Waals surface area (Å²) in [5, 5.41) is 9.22. The molecular weight excluding hydrogens is 146 g/mol. The lowest BCUT2D eigenvalue weighted by atomic mass is 10.3. The van der Waals surface area contributed by atoms with E-state index in [1.54, 1.807) is 0 Å². The van der Waals surface area contributed by atoms with Gasteiger partial charge >= 0.3 is 0 Å². The van der Waals surface area contributed by atoms with E-state index < -0.39 is 6.10 Å². The number of hydrogen-bond donors (Lipinski definition) is 1. The lowest BCUT2D eigenvalue weighted by Crippen LogP contribution is -2.42. The number of rotatable bonds is 5. The Kier molecular flexibility index (Phi) is 4.07. The van der Waals surface area contributed by atoms with Crippen molar-refractivity contribution in [2.45, 2.75) is 6.10 Å². The SMILES string of the molecule is C[N+](C)(C)CC(O)COC=O. The van der Waals surface area contributed by atoms with Gasteiger partial charge in [-0.25, -0.2) is 0 Å². The summed E-state index contributed by atoms with van der Waals surface area (Å²) in [6.07, 6.45) is -0.569. The van der Waals surface area contributed by atoms with Crippen molar-refractivity contribution in [2.75, 3.05) is 34.3 Å². The van der Waals surface area contributed by atoms with E-state index in [2.05, 4.69) is 4.74 Å². The number of hydrogen-bond acceptors (Lipinski definition) is 3. The normalized spacial score (nSPS) is 14.2. The summed E-state index contributed by atoms with van der Waals surface area (Å²) >= 11 is 0. The van der Waals surface area contributed by atoms with Crippen molar-refractivity contribution in [3.8, 4) is 0 Å². The van der Waals surface area contributed by atoms with Crippen LogP contribution in [0.4, 0.5) is 0 Å². The first-order valence-electron chi connectivity index (χ1n) is 3.49. The first kappa shape index (κ1) is 10.4. The van der Waals surface area contributed by atoms with Crippen molar-refractivity contribution >= 4 is 6.47 Å².